The summed E-state index contributed by atoms with van der Waals surface area (Å²) < 4.78 is 41.2. The van der Waals surface area contributed by atoms with Gasteiger partial charge in [0.2, 0.25) is 29.5 Å². The third-order valence-corrected chi connectivity index (χ3v) is 26.9. The number of hydrogen-bond donors (Lipinski definition) is 7. The Morgan fingerprint density at radius 2 is 0.752 bits per heavy atom. The molecule has 9 aromatic rings. The molecule has 0 bridgehead atoms. The van der Waals surface area contributed by atoms with Crippen LogP contribution in [-0.2, 0) is 67.8 Å². The summed E-state index contributed by atoms with van der Waals surface area (Å²) in [5, 5.41) is 46.7. The molecule has 3 unspecified atom stereocenters. The van der Waals surface area contributed by atoms with Gasteiger partial charge in [0.1, 0.15) is 5.75 Å². The SMILES string of the molecule is C.CB(O)N1C[C@H](c2ccc(C)c(C)c2)CC(Cc2ccc(C)c(C)c2)C1=O.CB(O)N1C[C@H](c2ccc(C)c(C)c2)CCC1=O.C[B]OOCB=O.Cc1ccc(CBr)cc1C.Cc1ccc(CC2C[C@@H](c3ccc(C)c(C)c3)CNC2=O)cc1C.Cc1ccc([C@@H]2CCC(=O)NC2)cc1C.Cc1ccc([C@H]2CNC(=O)C(Cc3ccc(O)c(C)c3)C2)cc1C.O=C(O)C(F)(F)F. The monoisotopic (exact) mass is 1880 g/mol. The fraction of sp³-hybridized carbons (Fsp3) is 0.439. The van der Waals surface area contributed by atoms with Crippen molar-refractivity contribution in [3.63, 3.8) is 0 Å². The average molecular weight is 1880 g/mol. The second-order valence-corrected chi connectivity index (χ2v) is 36.9. The average Bonchev–Trinajstić information content (AvgIpc) is 0.799. The van der Waals surface area contributed by atoms with Gasteiger partial charge in [0, 0.05) is 98.2 Å². The number of aromatic hydroxyl groups is 1. The molecule has 5 aliphatic rings. The molecule has 0 spiro atoms. The Morgan fingerprint density at radius 1 is 0.436 bits per heavy atom. The van der Waals surface area contributed by atoms with Crippen molar-refractivity contribution < 1.29 is 76.6 Å². The van der Waals surface area contributed by atoms with E-state index in [-0.39, 0.29) is 67.1 Å². The zero-order chi connectivity index (χ0) is 97.5. The van der Waals surface area contributed by atoms with Crippen molar-refractivity contribution >= 4 is 80.2 Å². The molecule has 8 atom stereocenters. The van der Waals surface area contributed by atoms with Crippen LogP contribution in [0.2, 0.25) is 20.5 Å². The van der Waals surface area contributed by atoms with Crippen LogP contribution in [0.1, 0.15) is 227 Å². The molecule has 26 heteroatoms. The quantitative estimate of drug-likeness (QED) is 0.0139. The summed E-state index contributed by atoms with van der Waals surface area (Å²) in [5.74, 6) is 0.0456. The van der Waals surface area contributed by atoms with Crippen LogP contribution < -0.4 is 16.0 Å². The van der Waals surface area contributed by atoms with E-state index in [0.717, 1.165) is 74.5 Å². The van der Waals surface area contributed by atoms with Crippen molar-refractivity contribution in [2.75, 3.05) is 39.2 Å². The van der Waals surface area contributed by atoms with E-state index in [2.05, 4.69) is 298 Å². The van der Waals surface area contributed by atoms with Gasteiger partial charge in [0.05, 0.1) is 0 Å². The number of aliphatic carboxylic acids is 1. The number of phenolic OH excluding ortho intramolecular Hbond substituents is 1. The zero-order valence-corrected chi connectivity index (χ0v) is 82.5. The Morgan fingerprint density at radius 3 is 1.10 bits per heavy atom. The van der Waals surface area contributed by atoms with Gasteiger partial charge >= 0.3 is 68.6 Å². The molecule has 0 aromatic heterocycles. The molecule has 9 aromatic carbocycles. The third kappa shape index (κ3) is 34.9. The number of carbonyl (C=O) groups excluding carboxylic acids is 5. The molecule has 5 amide bonds. The normalized spacial score (nSPS) is 18.4. The molecule has 711 valence electrons. The van der Waals surface area contributed by atoms with Crippen LogP contribution in [0.25, 0.3) is 0 Å². The first-order valence-corrected chi connectivity index (χ1v) is 47.0. The van der Waals surface area contributed by atoms with Crippen molar-refractivity contribution in [2.24, 2.45) is 17.8 Å². The molecule has 1 radical (unpaired) electrons. The van der Waals surface area contributed by atoms with Gasteiger partial charge in [0.25, 0.3) is 0 Å². The van der Waals surface area contributed by atoms with E-state index in [4.69, 9.17) is 9.90 Å². The van der Waals surface area contributed by atoms with Crippen LogP contribution in [0.15, 0.2) is 164 Å². The number of piperidine rings is 5. The summed E-state index contributed by atoms with van der Waals surface area (Å²) >= 11 is 3.42. The van der Waals surface area contributed by atoms with Gasteiger partial charge in [-0.1, -0.05) is 181 Å². The smallest absolute Gasteiger partial charge is 0.490 e. The van der Waals surface area contributed by atoms with Gasteiger partial charge in [-0.15, -0.1) is 0 Å². The van der Waals surface area contributed by atoms with Gasteiger partial charge in [0.15, 0.2) is 0 Å². The summed E-state index contributed by atoms with van der Waals surface area (Å²) in [6, 6.07) is 58.1. The number of carboxylic acids is 1. The molecule has 14 rings (SSSR count). The second-order valence-electron chi connectivity index (χ2n) is 36.4. The van der Waals surface area contributed by atoms with Gasteiger partial charge in [-0.2, -0.15) is 13.2 Å². The molecule has 5 heterocycles. The number of carbonyl (C=O) groups is 6. The molecule has 0 saturated carbocycles. The predicted octanol–water partition coefficient (Wildman–Crippen LogP) is 20.9. The first-order valence-electron chi connectivity index (χ1n) is 45.9. The van der Waals surface area contributed by atoms with Crippen molar-refractivity contribution in [3.05, 3.63) is 308 Å². The number of rotatable bonds is 18. The molecular formula is C107H140B4BrF3N5O13. The maximum absolute atomic E-state index is 13.0. The van der Waals surface area contributed by atoms with Gasteiger partial charge in [-0.05, 0) is 333 Å². The second kappa shape index (κ2) is 53.8. The van der Waals surface area contributed by atoms with Gasteiger partial charge in [-0.25, -0.2) is 4.79 Å². The Kier molecular flexibility index (Phi) is 45.1. The van der Waals surface area contributed by atoms with Crippen molar-refractivity contribution in [1.82, 2.24) is 25.6 Å². The Balaban J connectivity index is 0.000000242. The number of benzene rings is 9. The van der Waals surface area contributed by atoms with Crippen LogP contribution in [0.5, 0.6) is 5.75 Å². The number of nitrogens with one attached hydrogen (secondary N) is 3. The molecule has 18 nitrogen and oxygen atoms in total. The first kappa shape index (κ1) is 112. The van der Waals surface area contributed by atoms with Gasteiger partial charge < -0.3 is 45.8 Å². The minimum absolute atomic E-state index is 0. The van der Waals surface area contributed by atoms with E-state index in [0.29, 0.717) is 75.5 Å². The molecule has 7 N–H and O–H groups in total. The van der Waals surface area contributed by atoms with E-state index in [1.165, 1.54) is 141 Å². The van der Waals surface area contributed by atoms with Gasteiger partial charge in [-0.3, -0.25) is 24.0 Å². The Labute approximate surface area is 799 Å². The fourth-order valence-corrected chi connectivity index (χ4v) is 17.0. The number of alkyl halides is 4. The number of nitrogens with zero attached hydrogens (tertiary/aromatic N) is 2. The fourth-order valence-electron chi connectivity index (χ4n) is 16.7. The van der Waals surface area contributed by atoms with Crippen molar-refractivity contribution in [3.8, 4) is 5.75 Å². The van der Waals surface area contributed by atoms with E-state index in [1.54, 1.807) is 36.2 Å². The Hall–Kier alpha value is -10.2. The maximum atomic E-state index is 13.0. The number of halogens is 4. The topological polar surface area (TPSA) is 261 Å². The van der Waals surface area contributed by atoms with E-state index in [1.807, 2.05) is 19.1 Å². The van der Waals surface area contributed by atoms with Crippen LogP contribution in [-0.4, -0.2) is 140 Å². The number of phenols is 1. The van der Waals surface area contributed by atoms with Crippen LogP contribution in [0, 0.1) is 135 Å². The molecule has 5 fully saturated rings. The number of amides is 5. The van der Waals surface area contributed by atoms with Crippen LogP contribution >= 0.6 is 15.9 Å². The molecule has 0 aliphatic carbocycles. The Bertz CT molecular complexity index is 5260. The summed E-state index contributed by atoms with van der Waals surface area (Å²) in [7, 11) is 0.522. The zero-order valence-electron chi connectivity index (χ0n) is 80.9. The summed E-state index contributed by atoms with van der Waals surface area (Å²) in [6.45, 7) is 44.4. The minimum Gasteiger partial charge on any atom is -0.508 e. The number of aryl methyl sites for hydroxylation is 17. The van der Waals surface area contributed by atoms with Crippen LogP contribution in [0.3, 0.4) is 0 Å². The third-order valence-electron chi connectivity index (χ3n) is 26.3. The number of carboxylic acid groups (broad SMARTS) is 1. The van der Waals surface area contributed by atoms with Crippen molar-refractivity contribution in [1.29, 1.82) is 0 Å². The number of hydrogen-bond acceptors (Lipinski definition) is 12. The summed E-state index contributed by atoms with van der Waals surface area (Å²) in [4.78, 5) is 80.9. The largest absolute Gasteiger partial charge is 0.508 e. The van der Waals surface area contributed by atoms with Crippen molar-refractivity contribution in [2.45, 2.75) is 251 Å². The maximum Gasteiger partial charge on any atom is 0.490 e. The van der Waals surface area contributed by atoms with Crippen LogP contribution in [0.4, 0.5) is 13.2 Å². The molecular weight excluding hydrogens is 1740 g/mol. The first-order chi connectivity index (χ1) is 62.4. The van der Waals surface area contributed by atoms with E-state index in [9.17, 15) is 57.0 Å². The molecule has 5 aliphatic heterocycles. The standard InChI is InChI=1S/C23H30BNO2.C22H27NO.C21H25NO2.C14H20BNO2.C13H17NO.C9H11Br.C2H5B2O3.C2HF3O2.CH4/c1-15-6-8-19(10-17(15)3)12-21-13-22(14-25(23(21)26)24(5)27)20-9-7-16(2)18(4)11-20;1-14-5-7-18(9-16(14)3)11-20-12-21(13-23-22(20)24)19-8-6-15(2)17(4)10-19;1-13-4-6-17(9-14(13)2)19-11-18(21(24)22-12-19)10-16-5-7-20(23)15(3)8-16;1-10-4-5-12(8-11(10)2)13-6-7-14(17)16(9-13)15(3)18;1-9-3-4-11(7-10(9)2)12-5-6-13(15)14-8-12;1-7-3-4-9(6-10)5-8(7)2;1-3-7-6-2-4-5;3-2(4,5)1(6)7;/h6-11,21-22,27H,12-14H2,1-5H3;5-10,20-21H,11-13H2,1-4H3,(H,23,24);4-9,18-19,23H,10-12H2,1-3H3,(H,22,24);4-5,8,13,18H,6-7,9H2,1-3H3;3-4,7,12H,5-6,8H2,1-2H3,(H,14,15);3-5H,6H2,1-2H3;2H2,1H3;(H,6,7);1H4/t21?,22-;20?,21-;18?,19-;13-;12-;;;;/m11111..../s1. The summed E-state index contributed by atoms with van der Waals surface area (Å²) in [6.07, 6.45) is 2.87. The van der Waals surface area contributed by atoms with E-state index >= 15 is 0 Å². The van der Waals surface area contributed by atoms with E-state index < -0.39 is 26.2 Å². The summed E-state index contributed by atoms with van der Waals surface area (Å²) in [5.41, 5.74) is 33.3. The molecule has 133 heavy (non-hydrogen) atoms. The molecule has 5 saturated heterocycles. The predicted molar refractivity (Wildman–Crippen MR) is 536 cm³/mol. The minimum atomic E-state index is -5.08.